The molecule has 142 valence electrons. The van der Waals surface area contributed by atoms with Crippen molar-refractivity contribution in [1.82, 2.24) is 15.1 Å². The van der Waals surface area contributed by atoms with Crippen molar-refractivity contribution in [2.75, 3.05) is 31.1 Å². The zero-order valence-electron chi connectivity index (χ0n) is 14.5. The lowest BCUT2D eigenvalue weighted by Gasteiger charge is -2.32. The minimum Gasteiger partial charge on any atom is -0.445 e. The van der Waals surface area contributed by atoms with Gasteiger partial charge in [0.2, 0.25) is 5.89 Å². The van der Waals surface area contributed by atoms with Crippen LogP contribution in [-0.2, 0) is 17.8 Å². The van der Waals surface area contributed by atoms with Crippen LogP contribution in [0, 0.1) is 12.3 Å². The zero-order chi connectivity index (χ0) is 19.2. The van der Waals surface area contributed by atoms with Crippen molar-refractivity contribution in [2.24, 2.45) is 0 Å². The quantitative estimate of drug-likeness (QED) is 0.705. The Labute approximate surface area is 167 Å². The fourth-order valence-electron chi connectivity index (χ4n) is 2.66. The number of hydrogen-bond acceptors (Lipinski definition) is 6. The third kappa shape index (κ3) is 5.28. The normalized spacial score (nSPS) is 14.1. The number of terminal acetylenes is 1. The van der Waals surface area contributed by atoms with Crippen LogP contribution < -0.4 is 4.90 Å². The van der Waals surface area contributed by atoms with Crippen molar-refractivity contribution in [2.45, 2.75) is 19.4 Å². The van der Waals surface area contributed by atoms with E-state index in [0.29, 0.717) is 61.0 Å². The fraction of sp³-hybridized carbons (Fsp3) is 0.389. The summed E-state index contributed by atoms with van der Waals surface area (Å²) >= 11 is 11.9. The molecule has 1 amide bonds. The standard InChI is InChI=1S/C18H18Cl2N4O3/c1-2-3-4-16-21-22-17(27-16)23-5-7-24(8-6-23)18(25)26-12-13-9-14(19)11-15(20)10-13/h1,9-11H,3-8,12H2. The van der Waals surface area contributed by atoms with Crippen LogP contribution in [-0.4, -0.2) is 47.4 Å². The molecule has 7 nitrogen and oxygen atoms in total. The first-order chi connectivity index (χ1) is 13.0. The predicted molar refractivity (Wildman–Crippen MR) is 102 cm³/mol. The maximum Gasteiger partial charge on any atom is 0.410 e. The molecule has 0 bridgehead atoms. The minimum absolute atomic E-state index is 0.113. The van der Waals surface area contributed by atoms with E-state index >= 15 is 0 Å². The Hall–Kier alpha value is -2.43. The molecule has 1 aliphatic heterocycles. The second kappa shape index (κ2) is 8.98. The van der Waals surface area contributed by atoms with Crippen molar-refractivity contribution in [1.29, 1.82) is 0 Å². The molecule has 0 spiro atoms. The summed E-state index contributed by atoms with van der Waals surface area (Å²) < 4.78 is 10.9. The predicted octanol–water partition coefficient (Wildman–Crippen LogP) is 3.40. The van der Waals surface area contributed by atoms with Gasteiger partial charge in [0.05, 0.1) is 0 Å². The maximum atomic E-state index is 12.3. The highest BCUT2D eigenvalue weighted by atomic mass is 35.5. The van der Waals surface area contributed by atoms with Gasteiger partial charge in [0.1, 0.15) is 6.61 Å². The molecule has 1 fully saturated rings. The van der Waals surface area contributed by atoms with Crippen molar-refractivity contribution in [3.63, 3.8) is 0 Å². The Morgan fingerprint density at radius 2 is 1.89 bits per heavy atom. The fourth-order valence-corrected chi connectivity index (χ4v) is 3.23. The second-order valence-corrected chi connectivity index (χ2v) is 6.86. The molecule has 1 saturated heterocycles. The van der Waals surface area contributed by atoms with Crippen molar-refractivity contribution >= 4 is 35.3 Å². The lowest BCUT2D eigenvalue weighted by atomic mass is 10.2. The van der Waals surface area contributed by atoms with Gasteiger partial charge in [0, 0.05) is 49.1 Å². The number of nitrogens with zero attached hydrogens (tertiary/aromatic N) is 4. The molecule has 0 saturated carbocycles. The monoisotopic (exact) mass is 408 g/mol. The summed E-state index contributed by atoms with van der Waals surface area (Å²) in [6, 6.07) is 5.50. The van der Waals surface area contributed by atoms with Gasteiger partial charge in [-0.1, -0.05) is 28.3 Å². The minimum atomic E-state index is -0.383. The molecule has 1 aliphatic rings. The highest BCUT2D eigenvalue weighted by Gasteiger charge is 2.25. The number of benzene rings is 1. The molecular formula is C18H18Cl2N4O3. The highest BCUT2D eigenvalue weighted by molar-refractivity contribution is 6.34. The van der Waals surface area contributed by atoms with Crippen molar-refractivity contribution in [3.8, 4) is 12.3 Å². The number of aryl methyl sites for hydroxylation is 1. The summed E-state index contributed by atoms with van der Waals surface area (Å²) in [6.45, 7) is 2.26. The number of rotatable bonds is 5. The van der Waals surface area contributed by atoms with Crippen LogP contribution >= 0.6 is 23.2 Å². The molecular weight excluding hydrogens is 391 g/mol. The summed E-state index contributed by atoms with van der Waals surface area (Å²) in [4.78, 5) is 15.8. The summed E-state index contributed by atoms with van der Waals surface area (Å²) in [6.07, 6.45) is 5.96. The SMILES string of the molecule is C#CCCc1nnc(N2CCN(C(=O)OCc3cc(Cl)cc(Cl)c3)CC2)o1. The second-order valence-electron chi connectivity index (χ2n) is 5.99. The van der Waals surface area contributed by atoms with Gasteiger partial charge in [-0.25, -0.2) is 4.79 Å². The number of aromatic nitrogens is 2. The number of piperazine rings is 1. The van der Waals surface area contributed by atoms with E-state index in [1.165, 1.54) is 0 Å². The summed E-state index contributed by atoms with van der Waals surface area (Å²) in [7, 11) is 0. The van der Waals surface area contributed by atoms with Crippen LogP contribution in [0.3, 0.4) is 0 Å². The number of hydrogen-bond donors (Lipinski definition) is 0. The van der Waals surface area contributed by atoms with Gasteiger partial charge in [0.25, 0.3) is 0 Å². The molecule has 2 aromatic rings. The van der Waals surface area contributed by atoms with Crippen LogP contribution in [0.1, 0.15) is 17.9 Å². The molecule has 1 aromatic carbocycles. The van der Waals surface area contributed by atoms with Gasteiger partial charge < -0.3 is 19.0 Å². The van der Waals surface area contributed by atoms with Gasteiger partial charge in [-0.05, 0) is 23.8 Å². The number of carbonyl (C=O) groups excluding carboxylic acids is 1. The summed E-state index contributed by atoms with van der Waals surface area (Å²) in [5.74, 6) is 3.06. The van der Waals surface area contributed by atoms with Crippen LogP contribution in [0.25, 0.3) is 0 Å². The number of ether oxygens (including phenoxy) is 1. The van der Waals surface area contributed by atoms with Crippen LogP contribution in [0.2, 0.25) is 10.0 Å². The first-order valence-electron chi connectivity index (χ1n) is 8.42. The molecule has 0 unspecified atom stereocenters. The van der Waals surface area contributed by atoms with E-state index in [4.69, 9.17) is 38.8 Å². The molecule has 2 heterocycles. The smallest absolute Gasteiger partial charge is 0.410 e. The Balaban J connectivity index is 1.47. The summed E-state index contributed by atoms with van der Waals surface area (Å²) in [5, 5.41) is 9.02. The maximum absolute atomic E-state index is 12.3. The number of carbonyl (C=O) groups is 1. The lowest BCUT2D eigenvalue weighted by molar-refractivity contribution is 0.0938. The van der Waals surface area contributed by atoms with E-state index in [0.717, 1.165) is 5.56 Å². The molecule has 9 heteroatoms. The topological polar surface area (TPSA) is 71.7 Å². The molecule has 3 rings (SSSR count). The van der Waals surface area contributed by atoms with Gasteiger partial charge in [-0.3, -0.25) is 0 Å². The largest absolute Gasteiger partial charge is 0.445 e. The van der Waals surface area contributed by atoms with E-state index < -0.39 is 0 Å². The molecule has 27 heavy (non-hydrogen) atoms. The molecule has 0 radical (unpaired) electrons. The molecule has 0 N–H and O–H groups in total. The van der Waals surface area contributed by atoms with E-state index in [-0.39, 0.29) is 12.7 Å². The zero-order valence-corrected chi connectivity index (χ0v) is 16.0. The van der Waals surface area contributed by atoms with Gasteiger partial charge in [0.15, 0.2) is 0 Å². The molecule has 0 aliphatic carbocycles. The first kappa shape index (κ1) is 19.3. The van der Waals surface area contributed by atoms with Crippen molar-refractivity contribution in [3.05, 3.63) is 39.7 Å². The van der Waals surface area contributed by atoms with Crippen LogP contribution in [0.5, 0.6) is 0 Å². The Kier molecular flexibility index (Phi) is 6.43. The molecule has 0 atom stereocenters. The average Bonchev–Trinajstić information content (AvgIpc) is 3.13. The van der Waals surface area contributed by atoms with E-state index in [9.17, 15) is 4.79 Å². The number of anilines is 1. The van der Waals surface area contributed by atoms with Crippen LogP contribution in [0.4, 0.5) is 10.8 Å². The van der Waals surface area contributed by atoms with Crippen LogP contribution in [0.15, 0.2) is 22.6 Å². The Morgan fingerprint density at radius 1 is 1.19 bits per heavy atom. The van der Waals surface area contributed by atoms with E-state index in [1.807, 2.05) is 4.90 Å². The highest BCUT2D eigenvalue weighted by Crippen LogP contribution is 2.20. The molecule has 1 aromatic heterocycles. The first-order valence-corrected chi connectivity index (χ1v) is 9.18. The van der Waals surface area contributed by atoms with Crippen molar-refractivity contribution < 1.29 is 13.9 Å². The third-order valence-corrected chi connectivity index (χ3v) is 4.47. The average molecular weight is 409 g/mol. The number of halogens is 2. The van der Waals surface area contributed by atoms with E-state index in [1.54, 1.807) is 23.1 Å². The van der Waals surface area contributed by atoms with Gasteiger partial charge in [-0.2, -0.15) is 0 Å². The Morgan fingerprint density at radius 3 is 2.56 bits per heavy atom. The summed E-state index contributed by atoms with van der Waals surface area (Å²) in [5.41, 5.74) is 0.741. The number of amides is 1. The van der Waals surface area contributed by atoms with Gasteiger partial charge in [-0.15, -0.1) is 17.4 Å². The lowest BCUT2D eigenvalue weighted by Crippen LogP contribution is -2.49. The van der Waals surface area contributed by atoms with Gasteiger partial charge >= 0.3 is 12.1 Å². The third-order valence-electron chi connectivity index (χ3n) is 4.03. The Bertz CT molecular complexity index is 821. The van der Waals surface area contributed by atoms with E-state index in [2.05, 4.69) is 16.1 Å².